The smallest absolute Gasteiger partial charge is 0.407 e. The molecule has 0 saturated heterocycles. The summed E-state index contributed by atoms with van der Waals surface area (Å²) in [6.07, 6.45) is 23.8. The molecule has 1 heterocycles. The van der Waals surface area contributed by atoms with Crippen molar-refractivity contribution >= 4 is 12.1 Å². The van der Waals surface area contributed by atoms with Gasteiger partial charge < -0.3 is 31.8 Å². The summed E-state index contributed by atoms with van der Waals surface area (Å²) in [5, 5.41) is 2.78. The number of nitrogens with one attached hydrogen (secondary N) is 1. The lowest BCUT2D eigenvalue weighted by Gasteiger charge is -2.10. The molecular formula is C31H53BrN2O4. The van der Waals surface area contributed by atoms with Gasteiger partial charge in [0.05, 0.1) is 0 Å². The predicted molar refractivity (Wildman–Crippen MR) is 150 cm³/mol. The molecular weight excluding hydrogens is 544 g/mol. The van der Waals surface area contributed by atoms with Gasteiger partial charge >= 0.3 is 12.1 Å². The molecule has 0 unspecified atom stereocenters. The fourth-order valence-electron chi connectivity index (χ4n) is 4.17. The zero-order valence-corrected chi connectivity index (χ0v) is 25.5. The van der Waals surface area contributed by atoms with Gasteiger partial charge in [-0.25, -0.2) is 9.36 Å². The van der Waals surface area contributed by atoms with Gasteiger partial charge in [-0.15, -0.1) is 0 Å². The highest BCUT2D eigenvalue weighted by Crippen LogP contribution is 2.12. The molecule has 0 bridgehead atoms. The van der Waals surface area contributed by atoms with E-state index >= 15 is 0 Å². The van der Waals surface area contributed by atoms with Crippen LogP contribution in [0.2, 0.25) is 0 Å². The molecule has 1 aromatic heterocycles. The van der Waals surface area contributed by atoms with Crippen molar-refractivity contribution < 1.29 is 40.6 Å². The monoisotopic (exact) mass is 596 g/mol. The quantitative estimate of drug-likeness (QED) is 0.0828. The minimum atomic E-state index is -0.442. The summed E-state index contributed by atoms with van der Waals surface area (Å²) >= 11 is 0. The number of pyridine rings is 1. The second kappa shape index (κ2) is 26.7. The fraction of sp³-hybridized carbons (Fsp3) is 0.710. The number of alkyl carbamates (subject to hydrolysis) is 1. The molecule has 0 spiro atoms. The summed E-state index contributed by atoms with van der Waals surface area (Å²) in [5.74, 6) is -0.236. The second-order valence-electron chi connectivity index (χ2n) is 10.1. The van der Waals surface area contributed by atoms with E-state index in [-0.39, 0.29) is 36.2 Å². The lowest BCUT2D eigenvalue weighted by atomic mass is 10.0. The van der Waals surface area contributed by atoms with Crippen LogP contribution in [0.25, 0.3) is 0 Å². The largest absolute Gasteiger partial charge is 1.00 e. The number of aromatic nitrogens is 1. The molecule has 6 nitrogen and oxygen atoms in total. The topological polar surface area (TPSA) is 68.5 Å². The van der Waals surface area contributed by atoms with E-state index in [9.17, 15) is 9.59 Å². The first-order valence-electron chi connectivity index (χ1n) is 14.8. The van der Waals surface area contributed by atoms with E-state index in [1.165, 1.54) is 70.6 Å². The van der Waals surface area contributed by atoms with E-state index in [2.05, 4.69) is 23.4 Å². The first kappa shape index (κ1) is 36.1. The normalized spacial score (nSPS) is 10.4. The Morgan fingerprint density at radius 2 is 1.24 bits per heavy atom. The first-order valence-corrected chi connectivity index (χ1v) is 14.8. The zero-order valence-electron chi connectivity index (χ0n) is 23.9. The summed E-state index contributed by atoms with van der Waals surface area (Å²) < 4.78 is 12.5. The number of aryl methyl sites for hydroxylation is 1. The molecule has 38 heavy (non-hydrogen) atoms. The molecule has 1 rings (SSSR count). The molecule has 218 valence electrons. The van der Waals surface area contributed by atoms with Crippen LogP contribution in [0, 0.1) is 0 Å². The van der Waals surface area contributed by atoms with Crippen molar-refractivity contribution in [3.05, 3.63) is 42.7 Å². The van der Waals surface area contributed by atoms with Crippen LogP contribution in [0.1, 0.15) is 116 Å². The lowest BCUT2D eigenvalue weighted by molar-refractivity contribution is -0.697. The molecule has 0 fully saturated rings. The first-order chi connectivity index (χ1) is 18.1. The fourth-order valence-corrected chi connectivity index (χ4v) is 4.17. The Labute approximate surface area is 242 Å². The van der Waals surface area contributed by atoms with Crippen molar-refractivity contribution in [2.75, 3.05) is 19.8 Å². The summed E-state index contributed by atoms with van der Waals surface area (Å²) in [6, 6.07) is 6.02. The number of halogens is 1. The van der Waals surface area contributed by atoms with Crippen molar-refractivity contribution in [2.24, 2.45) is 0 Å². The number of carbonyl (C=O) groups is 2. The van der Waals surface area contributed by atoms with E-state index in [1.54, 1.807) is 0 Å². The van der Waals surface area contributed by atoms with Crippen molar-refractivity contribution in [1.82, 2.24) is 5.32 Å². The van der Waals surface area contributed by atoms with Gasteiger partial charge in [-0.1, -0.05) is 96.6 Å². The van der Waals surface area contributed by atoms with Crippen LogP contribution in [0.4, 0.5) is 4.79 Å². The molecule has 0 aromatic carbocycles. The minimum Gasteiger partial charge on any atom is -1.00 e. The third-order valence-corrected chi connectivity index (χ3v) is 6.47. The van der Waals surface area contributed by atoms with Crippen LogP contribution >= 0.6 is 0 Å². The van der Waals surface area contributed by atoms with Crippen LogP contribution in [0.3, 0.4) is 0 Å². The van der Waals surface area contributed by atoms with E-state index in [0.717, 1.165) is 38.6 Å². The number of esters is 1. The molecule has 0 radical (unpaired) electrons. The van der Waals surface area contributed by atoms with Crippen LogP contribution in [-0.4, -0.2) is 31.8 Å². The Morgan fingerprint density at radius 1 is 0.711 bits per heavy atom. The third-order valence-electron chi connectivity index (χ3n) is 6.47. The number of amides is 1. The highest BCUT2D eigenvalue weighted by Gasteiger charge is 2.07. The Morgan fingerprint density at radius 3 is 1.84 bits per heavy atom. The Bertz CT molecular complexity index is 715. The average molecular weight is 598 g/mol. The molecule has 0 atom stereocenters. The van der Waals surface area contributed by atoms with E-state index in [1.807, 2.05) is 30.6 Å². The van der Waals surface area contributed by atoms with Crippen LogP contribution in [-0.2, 0) is 20.8 Å². The summed E-state index contributed by atoms with van der Waals surface area (Å²) in [4.78, 5) is 23.7. The van der Waals surface area contributed by atoms with Gasteiger partial charge in [-0.2, -0.15) is 0 Å². The number of rotatable bonds is 24. The second-order valence-corrected chi connectivity index (χ2v) is 10.1. The van der Waals surface area contributed by atoms with E-state index in [4.69, 9.17) is 9.47 Å². The maximum atomic E-state index is 11.9. The highest BCUT2D eigenvalue weighted by molar-refractivity contribution is 5.69. The van der Waals surface area contributed by atoms with Crippen LogP contribution in [0.5, 0.6) is 0 Å². The van der Waals surface area contributed by atoms with Gasteiger partial charge in [0.15, 0.2) is 12.4 Å². The van der Waals surface area contributed by atoms with E-state index in [0.29, 0.717) is 18.5 Å². The Balaban J connectivity index is 0.0000137. The molecule has 0 aliphatic rings. The number of ether oxygens (including phenoxy) is 2. The molecule has 1 aromatic rings. The molecule has 7 heteroatoms. The zero-order chi connectivity index (χ0) is 26.8. The summed E-state index contributed by atoms with van der Waals surface area (Å²) in [5.41, 5.74) is 0.574. The maximum Gasteiger partial charge on any atom is 0.407 e. The predicted octanol–water partition coefficient (Wildman–Crippen LogP) is 4.46. The molecule has 0 aliphatic heterocycles. The minimum absolute atomic E-state index is 0. The number of carbonyl (C=O) groups excluding carboxylic acids is 2. The summed E-state index contributed by atoms with van der Waals surface area (Å²) in [6.45, 7) is 7.82. The molecule has 0 saturated carbocycles. The van der Waals surface area contributed by atoms with Crippen LogP contribution in [0.15, 0.2) is 42.7 Å². The van der Waals surface area contributed by atoms with Crippen molar-refractivity contribution in [1.29, 1.82) is 0 Å². The number of nitrogens with zero attached hydrogens (tertiary/aromatic N) is 1. The Hall–Kier alpha value is -1.89. The number of hydrogen-bond donors (Lipinski definition) is 1. The van der Waals surface area contributed by atoms with Gasteiger partial charge in [0.2, 0.25) is 0 Å². The van der Waals surface area contributed by atoms with Crippen molar-refractivity contribution in [3.63, 3.8) is 0 Å². The van der Waals surface area contributed by atoms with Gasteiger partial charge in [0.25, 0.3) is 0 Å². The number of unbranched alkanes of at least 4 members (excludes halogenated alkanes) is 14. The van der Waals surface area contributed by atoms with E-state index < -0.39 is 6.09 Å². The van der Waals surface area contributed by atoms with Gasteiger partial charge in [-0.3, -0.25) is 4.79 Å². The maximum absolute atomic E-state index is 11.9. The SMILES string of the molecule is C=C(COC(=O)CCCCC[n+]1ccccc1)COC(=O)NCCCCCCCCCCCCCCC.[Br-]. The van der Waals surface area contributed by atoms with Gasteiger partial charge in [0, 0.05) is 31.5 Å². The van der Waals surface area contributed by atoms with Crippen molar-refractivity contribution in [3.8, 4) is 0 Å². The van der Waals surface area contributed by atoms with Crippen LogP contribution < -0.4 is 26.9 Å². The average Bonchev–Trinajstić information content (AvgIpc) is 2.91. The summed E-state index contributed by atoms with van der Waals surface area (Å²) in [7, 11) is 0. The van der Waals surface area contributed by atoms with Crippen molar-refractivity contribution in [2.45, 2.75) is 123 Å². The molecule has 1 amide bonds. The lowest BCUT2D eigenvalue weighted by Crippen LogP contribution is -3.00. The third kappa shape index (κ3) is 23.2. The van der Waals surface area contributed by atoms with Gasteiger partial charge in [0.1, 0.15) is 19.8 Å². The molecule has 1 N–H and O–H groups in total. The molecule has 0 aliphatic carbocycles. The number of hydrogen-bond acceptors (Lipinski definition) is 4. The standard InChI is InChI=1S/C31H52N2O4.BrH/c1-3-4-5-6-7-8-9-10-11-12-13-14-18-23-32-31(35)37-28-29(2)27-36-30(34)22-17-15-19-24-33-25-20-16-21-26-33;/h16,20-21,25-26H,2-15,17-19,22-24,27-28H2,1H3;1H. The Kier molecular flexibility index (Phi) is 25.4. The highest BCUT2D eigenvalue weighted by atomic mass is 79.9. The van der Waals surface area contributed by atoms with Gasteiger partial charge in [-0.05, 0) is 24.8 Å².